The Labute approximate surface area is 99.5 Å². The van der Waals surface area contributed by atoms with E-state index in [0.29, 0.717) is 0 Å². The fourth-order valence-corrected chi connectivity index (χ4v) is 2.64. The van der Waals surface area contributed by atoms with Crippen molar-refractivity contribution in [2.45, 2.75) is 19.9 Å². The summed E-state index contributed by atoms with van der Waals surface area (Å²) >= 11 is 0. The van der Waals surface area contributed by atoms with Gasteiger partial charge in [-0.15, -0.1) is 0 Å². The van der Waals surface area contributed by atoms with Gasteiger partial charge in [0.15, 0.2) is 0 Å². The molecule has 1 fully saturated rings. The molecule has 17 heavy (non-hydrogen) atoms. The average molecular weight is 265 g/mol. The molecule has 0 aromatic heterocycles. The lowest BCUT2D eigenvalue weighted by atomic mass is 10.2. The fraction of sp³-hybridized carbons (Fsp3) is 0.750. The van der Waals surface area contributed by atoms with Crippen molar-refractivity contribution in [2.75, 3.05) is 19.7 Å². The summed E-state index contributed by atoms with van der Waals surface area (Å²) in [5, 5.41) is 2.52. The third-order valence-electron chi connectivity index (χ3n) is 2.24. The van der Waals surface area contributed by atoms with Crippen molar-refractivity contribution in [1.82, 2.24) is 14.3 Å². The highest BCUT2D eigenvalue weighted by atomic mass is 32.2. The molecule has 0 spiro atoms. The third kappa shape index (κ3) is 3.30. The number of amides is 2. The maximum atomic E-state index is 11.8. The number of hydrogen-bond donors (Lipinski definition) is 2. The summed E-state index contributed by atoms with van der Waals surface area (Å²) in [5.41, 5.74) is 0. The molecule has 98 valence electrons. The van der Waals surface area contributed by atoms with E-state index < -0.39 is 28.3 Å². The number of nitrogens with zero attached hydrogens (tertiary/aromatic N) is 1. The molecule has 1 unspecified atom stereocenters. The van der Waals surface area contributed by atoms with Gasteiger partial charge in [-0.1, -0.05) is 0 Å². The van der Waals surface area contributed by atoms with Gasteiger partial charge in [-0.25, -0.2) is 9.52 Å². The summed E-state index contributed by atoms with van der Waals surface area (Å²) in [6, 6.07) is -0.851. The smallest absolute Gasteiger partial charge is 0.421 e. The molecule has 1 heterocycles. The number of hydrogen-bond acceptors (Lipinski definition) is 5. The van der Waals surface area contributed by atoms with Crippen LogP contribution in [0.5, 0.6) is 0 Å². The third-order valence-corrected chi connectivity index (χ3v) is 3.78. The Morgan fingerprint density at radius 1 is 1.65 bits per heavy atom. The van der Waals surface area contributed by atoms with Crippen LogP contribution in [0.1, 0.15) is 13.8 Å². The van der Waals surface area contributed by atoms with Crippen molar-refractivity contribution in [1.29, 1.82) is 0 Å². The number of nitrogens with one attached hydrogen (secondary N) is 2. The average Bonchev–Trinajstić information content (AvgIpc) is 2.21. The maximum absolute atomic E-state index is 11.8. The van der Waals surface area contributed by atoms with E-state index in [1.165, 1.54) is 6.92 Å². The van der Waals surface area contributed by atoms with Crippen LogP contribution in [-0.2, 0) is 19.7 Å². The van der Waals surface area contributed by atoms with E-state index in [9.17, 15) is 18.0 Å². The molecule has 1 saturated heterocycles. The minimum Gasteiger partial charge on any atom is -0.449 e. The van der Waals surface area contributed by atoms with Crippen molar-refractivity contribution >= 4 is 22.2 Å². The first-order chi connectivity index (χ1) is 7.88. The molecule has 1 aliphatic heterocycles. The summed E-state index contributed by atoms with van der Waals surface area (Å²) in [6.07, 6.45) is -1.05. The molecule has 0 bridgehead atoms. The van der Waals surface area contributed by atoms with Crippen molar-refractivity contribution in [3.8, 4) is 0 Å². The maximum Gasteiger partial charge on any atom is 0.421 e. The van der Waals surface area contributed by atoms with Crippen molar-refractivity contribution in [3.05, 3.63) is 0 Å². The second-order valence-corrected chi connectivity index (χ2v) is 5.03. The molecule has 0 radical (unpaired) electrons. The van der Waals surface area contributed by atoms with E-state index in [4.69, 9.17) is 0 Å². The van der Waals surface area contributed by atoms with Crippen LogP contribution in [0.4, 0.5) is 4.79 Å². The van der Waals surface area contributed by atoms with Crippen molar-refractivity contribution in [3.63, 3.8) is 0 Å². The molecule has 9 heteroatoms. The van der Waals surface area contributed by atoms with Crippen LogP contribution in [0, 0.1) is 0 Å². The molecule has 0 saturated carbocycles. The fourth-order valence-electron chi connectivity index (χ4n) is 1.41. The Kier molecular flexibility index (Phi) is 4.29. The topological polar surface area (TPSA) is 105 Å². The lowest BCUT2D eigenvalue weighted by molar-refractivity contribution is -0.126. The Bertz CT molecular complexity index is 407. The van der Waals surface area contributed by atoms with Crippen LogP contribution < -0.4 is 10.0 Å². The molecule has 2 N–H and O–H groups in total. The summed E-state index contributed by atoms with van der Waals surface area (Å²) in [5.74, 6) is -0.398. The largest absolute Gasteiger partial charge is 0.449 e. The first-order valence-electron chi connectivity index (χ1n) is 5.12. The highest BCUT2D eigenvalue weighted by Gasteiger charge is 2.35. The Morgan fingerprint density at radius 3 is 2.88 bits per heavy atom. The zero-order chi connectivity index (χ0) is 13.1. The summed E-state index contributed by atoms with van der Waals surface area (Å²) < 4.78 is 30.7. The number of ether oxygens (including phenoxy) is 1. The first kappa shape index (κ1) is 13.7. The monoisotopic (exact) mass is 265 g/mol. The van der Waals surface area contributed by atoms with Crippen LogP contribution in [0.3, 0.4) is 0 Å². The van der Waals surface area contributed by atoms with Gasteiger partial charge in [0.25, 0.3) is 0 Å². The van der Waals surface area contributed by atoms with Gasteiger partial charge < -0.3 is 10.1 Å². The second-order valence-electron chi connectivity index (χ2n) is 3.41. The molecule has 2 amide bonds. The van der Waals surface area contributed by atoms with Gasteiger partial charge in [-0.05, 0) is 13.8 Å². The summed E-state index contributed by atoms with van der Waals surface area (Å²) in [4.78, 5) is 22.4. The van der Waals surface area contributed by atoms with E-state index in [-0.39, 0.29) is 19.7 Å². The molecule has 8 nitrogen and oxygen atoms in total. The van der Waals surface area contributed by atoms with Gasteiger partial charge in [-0.3, -0.25) is 4.79 Å². The van der Waals surface area contributed by atoms with Gasteiger partial charge in [0, 0.05) is 13.1 Å². The number of rotatable bonds is 3. The van der Waals surface area contributed by atoms with Crippen molar-refractivity contribution in [2.24, 2.45) is 0 Å². The molecule has 0 aromatic rings. The molecule has 1 atom stereocenters. The van der Waals surface area contributed by atoms with Crippen LogP contribution >= 0.6 is 0 Å². The summed E-state index contributed by atoms with van der Waals surface area (Å²) in [6.45, 7) is 3.40. The molecule has 0 aliphatic carbocycles. The number of carbonyl (C=O) groups excluding carboxylic acids is 2. The molecular formula is C8H15N3O5S. The lowest BCUT2D eigenvalue weighted by Gasteiger charge is -2.31. The second kappa shape index (κ2) is 5.32. The number of carbonyl (C=O) groups is 2. The predicted molar refractivity (Wildman–Crippen MR) is 58.3 cm³/mol. The highest BCUT2D eigenvalue weighted by Crippen LogP contribution is 2.08. The highest BCUT2D eigenvalue weighted by molar-refractivity contribution is 7.87. The first-order valence-corrected chi connectivity index (χ1v) is 6.56. The minimum absolute atomic E-state index is 0.0669. The van der Waals surface area contributed by atoms with Gasteiger partial charge in [0.05, 0.1) is 6.61 Å². The zero-order valence-electron chi connectivity index (χ0n) is 9.60. The van der Waals surface area contributed by atoms with E-state index in [1.807, 2.05) is 0 Å². The van der Waals surface area contributed by atoms with Gasteiger partial charge >= 0.3 is 16.3 Å². The van der Waals surface area contributed by atoms with E-state index in [1.54, 1.807) is 11.6 Å². The number of piperazine rings is 1. The van der Waals surface area contributed by atoms with E-state index >= 15 is 0 Å². The SMILES string of the molecule is CCOC(=O)NS(=O)(=O)N1CCNC(=O)C1C. The quantitative estimate of drug-likeness (QED) is 0.666. The van der Waals surface area contributed by atoms with Gasteiger partial charge in [0.2, 0.25) is 5.91 Å². The van der Waals surface area contributed by atoms with Crippen LogP contribution in [0.2, 0.25) is 0 Å². The Balaban J connectivity index is 2.75. The van der Waals surface area contributed by atoms with E-state index in [2.05, 4.69) is 10.1 Å². The van der Waals surface area contributed by atoms with E-state index in [0.717, 1.165) is 4.31 Å². The van der Waals surface area contributed by atoms with Crippen molar-refractivity contribution < 1.29 is 22.7 Å². The molecule has 0 aromatic carbocycles. The predicted octanol–water partition coefficient (Wildman–Crippen LogP) is -1.20. The van der Waals surface area contributed by atoms with Crippen LogP contribution in [0.15, 0.2) is 0 Å². The van der Waals surface area contributed by atoms with Crippen LogP contribution in [-0.4, -0.2) is 50.5 Å². The molecule has 1 rings (SSSR count). The standard InChI is InChI=1S/C8H15N3O5S/c1-3-16-8(13)10-17(14,15)11-5-4-9-7(12)6(11)2/h6H,3-5H2,1-2H3,(H,9,12)(H,10,13). The Hall–Kier alpha value is -1.35. The normalized spacial score (nSPS) is 21.8. The zero-order valence-corrected chi connectivity index (χ0v) is 10.4. The molecular weight excluding hydrogens is 250 g/mol. The van der Waals surface area contributed by atoms with Gasteiger partial charge in [-0.2, -0.15) is 12.7 Å². The van der Waals surface area contributed by atoms with Crippen LogP contribution in [0.25, 0.3) is 0 Å². The summed E-state index contributed by atoms with van der Waals surface area (Å²) in [7, 11) is -4.04. The Morgan fingerprint density at radius 2 is 2.29 bits per heavy atom. The van der Waals surface area contributed by atoms with Gasteiger partial charge in [0.1, 0.15) is 6.04 Å². The minimum atomic E-state index is -4.04. The lowest BCUT2D eigenvalue weighted by Crippen LogP contribution is -2.58. The molecule has 1 aliphatic rings.